The molecule has 1 aliphatic heterocycles. The van der Waals surface area contributed by atoms with E-state index in [-0.39, 0.29) is 0 Å². The lowest BCUT2D eigenvalue weighted by atomic mass is 9.88. The molecule has 2 rings (SSSR count). The van der Waals surface area contributed by atoms with Gasteiger partial charge in [-0.2, -0.15) is 0 Å². The standard InChI is InChI=1S/C15H30N2/c1-11-10-17(4)12(2)9-15(11)16-13(3)14-7-5-6-8-14/h11-16H,5-10H2,1-4H3. The molecule has 4 atom stereocenters. The highest BCUT2D eigenvalue weighted by Crippen LogP contribution is 2.29. The first kappa shape index (κ1) is 13.4. The summed E-state index contributed by atoms with van der Waals surface area (Å²) >= 11 is 0. The van der Waals surface area contributed by atoms with Gasteiger partial charge in [-0.15, -0.1) is 0 Å². The lowest BCUT2D eigenvalue weighted by molar-refractivity contribution is 0.111. The number of piperidine rings is 1. The van der Waals surface area contributed by atoms with Crippen LogP contribution in [0.25, 0.3) is 0 Å². The largest absolute Gasteiger partial charge is 0.311 e. The maximum Gasteiger partial charge on any atom is 0.0122 e. The number of nitrogens with zero attached hydrogens (tertiary/aromatic N) is 1. The molecule has 1 N–H and O–H groups in total. The predicted octanol–water partition coefficient (Wildman–Crippen LogP) is 2.88. The van der Waals surface area contributed by atoms with E-state index in [1.165, 1.54) is 38.6 Å². The fourth-order valence-corrected chi connectivity index (χ4v) is 3.70. The SMILES string of the molecule is CC1CN(C)C(C)CC1NC(C)C1CCCC1. The van der Waals surface area contributed by atoms with Gasteiger partial charge in [0.1, 0.15) is 0 Å². The molecule has 0 radical (unpaired) electrons. The van der Waals surface area contributed by atoms with Crippen molar-refractivity contribution in [2.24, 2.45) is 11.8 Å². The Morgan fingerprint density at radius 3 is 2.47 bits per heavy atom. The van der Waals surface area contributed by atoms with Gasteiger partial charge in [0.15, 0.2) is 0 Å². The van der Waals surface area contributed by atoms with Gasteiger partial charge in [-0.05, 0) is 52.0 Å². The van der Waals surface area contributed by atoms with Crippen LogP contribution in [-0.4, -0.2) is 36.6 Å². The fraction of sp³-hybridized carbons (Fsp3) is 1.00. The molecule has 100 valence electrons. The Balaban J connectivity index is 1.84. The Morgan fingerprint density at radius 1 is 1.18 bits per heavy atom. The van der Waals surface area contributed by atoms with Crippen LogP contribution in [0, 0.1) is 11.8 Å². The highest BCUT2D eigenvalue weighted by Gasteiger charge is 2.31. The van der Waals surface area contributed by atoms with Gasteiger partial charge >= 0.3 is 0 Å². The topological polar surface area (TPSA) is 15.3 Å². The van der Waals surface area contributed by atoms with Crippen molar-refractivity contribution in [1.29, 1.82) is 0 Å². The first-order valence-electron chi connectivity index (χ1n) is 7.54. The van der Waals surface area contributed by atoms with Crippen molar-refractivity contribution in [3.8, 4) is 0 Å². The van der Waals surface area contributed by atoms with Crippen molar-refractivity contribution >= 4 is 0 Å². The van der Waals surface area contributed by atoms with Gasteiger partial charge in [0.05, 0.1) is 0 Å². The minimum Gasteiger partial charge on any atom is -0.311 e. The second kappa shape index (κ2) is 5.71. The van der Waals surface area contributed by atoms with Gasteiger partial charge < -0.3 is 10.2 Å². The number of nitrogens with one attached hydrogen (secondary N) is 1. The zero-order valence-corrected chi connectivity index (χ0v) is 12.1. The highest BCUT2D eigenvalue weighted by molar-refractivity contribution is 4.89. The van der Waals surface area contributed by atoms with E-state index in [0.29, 0.717) is 0 Å². The molecule has 1 saturated heterocycles. The maximum atomic E-state index is 3.93. The average molecular weight is 238 g/mol. The number of hydrogen-bond donors (Lipinski definition) is 1. The van der Waals surface area contributed by atoms with Gasteiger partial charge in [0.25, 0.3) is 0 Å². The monoisotopic (exact) mass is 238 g/mol. The minimum atomic E-state index is 0.723. The van der Waals surface area contributed by atoms with Crippen LogP contribution >= 0.6 is 0 Å². The maximum absolute atomic E-state index is 3.93. The summed E-state index contributed by atoms with van der Waals surface area (Å²) in [7, 11) is 2.26. The summed E-state index contributed by atoms with van der Waals surface area (Å²) in [4.78, 5) is 2.50. The van der Waals surface area contributed by atoms with Crippen LogP contribution in [-0.2, 0) is 0 Å². The van der Waals surface area contributed by atoms with E-state index in [1.807, 2.05) is 0 Å². The molecule has 2 nitrogen and oxygen atoms in total. The molecule has 17 heavy (non-hydrogen) atoms. The van der Waals surface area contributed by atoms with Crippen LogP contribution in [0.3, 0.4) is 0 Å². The summed E-state index contributed by atoms with van der Waals surface area (Å²) in [5.74, 6) is 1.73. The van der Waals surface area contributed by atoms with Gasteiger partial charge in [0.2, 0.25) is 0 Å². The van der Waals surface area contributed by atoms with Crippen LogP contribution in [0.2, 0.25) is 0 Å². The van der Waals surface area contributed by atoms with Crippen molar-refractivity contribution in [1.82, 2.24) is 10.2 Å². The lowest BCUT2D eigenvalue weighted by Gasteiger charge is -2.42. The first-order chi connectivity index (χ1) is 8.08. The minimum absolute atomic E-state index is 0.723. The lowest BCUT2D eigenvalue weighted by Crippen LogP contribution is -2.53. The molecule has 0 aromatic rings. The molecule has 0 aromatic heterocycles. The van der Waals surface area contributed by atoms with Crippen LogP contribution < -0.4 is 5.32 Å². The third-order valence-electron chi connectivity index (χ3n) is 5.19. The quantitative estimate of drug-likeness (QED) is 0.813. The molecule has 2 heteroatoms. The van der Waals surface area contributed by atoms with Crippen LogP contribution in [0.4, 0.5) is 0 Å². The van der Waals surface area contributed by atoms with Crippen LogP contribution in [0.1, 0.15) is 52.9 Å². The average Bonchev–Trinajstić information content (AvgIpc) is 2.79. The molecule has 0 aromatic carbocycles. The van der Waals surface area contributed by atoms with Crippen molar-refractivity contribution in [3.63, 3.8) is 0 Å². The fourth-order valence-electron chi connectivity index (χ4n) is 3.70. The summed E-state index contributed by atoms with van der Waals surface area (Å²) in [6.07, 6.45) is 7.12. The molecule has 2 aliphatic rings. The van der Waals surface area contributed by atoms with E-state index in [0.717, 1.165) is 30.0 Å². The molecule has 0 amide bonds. The first-order valence-corrected chi connectivity index (χ1v) is 7.54. The Hall–Kier alpha value is -0.0800. The zero-order chi connectivity index (χ0) is 12.4. The molecule has 4 unspecified atom stereocenters. The van der Waals surface area contributed by atoms with Crippen molar-refractivity contribution in [2.45, 2.75) is 71.0 Å². The van der Waals surface area contributed by atoms with Crippen LogP contribution in [0.5, 0.6) is 0 Å². The third-order valence-corrected chi connectivity index (χ3v) is 5.19. The Labute approximate surface area is 107 Å². The third kappa shape index (κ3) is 3.23. The second-order valence-electron chi connectivity index (χ2n) is 6.61. The highest BCUT2D eigenvalue weighted by atomic mass is 15.2. The van der Waals surface area contributed by atoms with Gasteiger partial charge in [-0.3, -0.25) is 0 Å². The molecule has 1 saturated carbocycles. The molecule has 2 fully saturated rings. The van der Waals surface area contributed by atoms with E-state index in [2.05, 4.69) is 38.0 Å². The van der Waals surface area contributed by atoms with E-state index >= 15 is 0 Å². The normalized spacial score (nSPS) is 38.5. The number of hydrogen-bond acceptors (Lipinski definition) is 2. The van der Waals surface area contributed by atoms with Gasteiger partial charge in [-0.25, -0.2) is 0 Å². The van der Waals surface area contributed by atoms with Crippen molar-refractivity contribution < 1.29 is 0 Å². The Kier molecular flexibility index (Phi) is 4.48. The second-order valence-corrected chi connectivity index (χ2v) is 6.61. The Bertz CT molecular complexity index is 235. The van der Waals surface area contributed by atoms with Crippen molar-refractivity contribution in [3.05, 3.63) is 0 Å². The summed E-state index contributed by atoms with van der Waals surface area (Å²) < 4.78 is 0. The van der Waals surface area contributed by atoms with E-state index in [9.17, 15) is 0 Å². The summed E-state index contributed by atoms with van der Waals surface area (Å²) in [6.45, 7) is 8.42. The van der Waals surface area contributed by atoms with Gasteiger partial charge in [0, 0.05) is 24.7 Å². The summed E-state index contributed by atoms with van der Waals surface area (Å²) in [5, 5.41) is 3.93. The Morgan fingerprint density at radius 2 is 1.82 bits per heavy atom. The summed E-state index contributed by atoms with van der Waals surface area (Å²) in [6, 6.07) is 2.19. The smallest absolute Gasteiger partial charge is 0.0122 e. The molecule has 1 heterocycles. The number of likely N-dealkylation sites (tertiary alicyclic amines) is 1. The summed E-state index contributed by atoms with van der Waals surface area (Å²) in [5.41, 5.74) is 0. The van der Waals surface area contributed by atoms with Crippen molar-refractivity contribution in [2.75, 3.05) is 13.6 Å². The van der Waals surface area contributed by atoms with Gasteiger partial charge in [-0.1, -0.05) is 19.8 Å². The zero-order valence-electron chi connectivity index (χ0n) is 12.1. The van der Waals surface area contributed by atoms with E-state index < -0.39 is 0 Å². The molecular formula is C15H30N2. The number of rotatable bonds is 3. The van der Waals surface area contributed by atoms with Crippen LogP contribution in [0.15, 0.2) is 0 Å². The molecule has 1 aliphatic carbocycles. The molecule has 0 spiro atoms. The van der Waals surface area contributed by atoms with E-state index in [1.54, 1.807) is 0 Å². The predicted molar refractivity (Wildman–Crippen MR) is 74.2 cm³/mol. The molecular weight excluding hydrogens is 208 g/mol. The molecule has 0 bridgehead atoms. The van der Waals surface area contributed by atoms with E-state index in [4.69, 9.17) is 0 Å².